The fourth-order valence-corrected chi connectivity index (χ4v) is 3.19. The molecule has 2 N–H and O–H groups in total. The highest BCUT2D eigenvalue weighted by molar-refractivity contribution is 5.94. The first-order chi connectivity index (χ1) is 13.4. The molecular formula is C22H20N4O2. The lowest BCUT2D eigenvalue weighted by Crippen LogP contribution is -2.12. The number of primary amides is 1. The van der Waals surface area contributed by atoms with E-state index in [0.717, 1.165) is 44.8 Å². The van der Waals surface area contributed by atoms with Crippen molar-refractivity contribution in [2.75, 3.05) is 0 Å². The van der Waals surface area contributed by atoms with Crippen molar-refractivity contribution in [3.8, 4) is 22.8 Å². The molecule has 2 aromatic heterocycles. The van der Waals surface area contributed by atoms with Gasteiger partial charge in [0.1, 0.15) is 11.5 Å². The molecule has 0 radical (unpaired) electrons. The van der Waals surface area contributed by atoms with Crippen LogP contribution in [0.3, 0.4) is 0 Å². The van der Waals surface area contributed by atoms with Crippen molar-refractivity contribution in [2.45, 2.75) is 13.8 Å². The number of aryl methyl sites for hydroxylation is 3. The van der Waals surface area contributed by atoms with E-state index in [1.807, 2.05) is 68.2 Å². The molecule has 0 bridgehead atoms. The third-order valence-corrected chi connectivity index (χ3v) is 4.79. The Morgan fingerprint density at radius 3 is 2.61 bits per heavy atom. The SMILES string of the molecule is Cc1cnc(-c2ccc(C(N)=O)c(C)c2)cc1Oc1ccc2cnn(C)c2c1. The number of amides is 1. The van der Waals surface area contributed by atoms with Gasteiger partial charge in [0.2, 0.25) is 5.91 Å². The summed E-state index contributed by atoms with van der Waals surface area (Å²) >= 11 is 0. The lowest BCUT2D eigenvalue weighted by Gasteiger charge is -2.11. The van der Waals surface area contributed by atoms with E-state index in [1.165, 1.54) is 0 Å². The molecular weight excluding hydrogens is 352 g/mol. The smallest absolute Gasteiger partial charge is 0.248 e. The fourth-order valence-electron chi connectivity index (χ4n) is 3.19. The van der Waals surface area contributed by atoms with Crippen LogP contribution >= 0.6 is 0 Å². The Hall–Kier alpha value is -3.67. The Kier molecular flexibility index (Phi) is 4.31. The van der Waals surface area contributed by atoms with Crippen LogP contribution in [0, 0.1) is 13.8 Å². The number of hydrogen-bond acceptors (Lipinski definition) is 4. The van der Waals surface area contributed by atoms with Gasteiger partial charge in [-0.15, -0.1) is 0 Å². The topological polar surface area (TPSA) is 83.0 Å². The van der Waals surface area contributed by atoms with Crippen molar-refractivity contribution >= 4 is 16.8 Å². The Bertz CT molecular complexity index is 1210. The minimum Gasteiger partial charge on any atom is -0.457 e. The van der Waals surface area contributed by atoms with Gasteiger partial charge in [-0.25, -0.2) is 0 Å². The lowest BCUT2D eigenvalue weighted by atomic mass is 10.0. The van der Waals surface area contributed by atoms with Gasteiger partial charge in [-0.2, -0.15) is 5.10 Å². The number of carbonyl (C=O) groups is 1. The van der Waals surface area contributed by atoms with Gasteiger partial charge >= 0.3 is 0 Å². The molecule has 4 aromatic rings. The highest BCUT2D eigenvalue weighted by atomic mass is 16.5. The van der Waals surface area contributed by atoms with Gasteiger partial charge < -0.3 is 10.5 Å². The fraction of sp³-hybridized carbons (Fsp3) is 0.136. The number of hydrogen-bond donors (Lipinski definition) is 1. The normalized spacial score (nSPS) is 11.0. The van der Waals surface area contributed by atoms with E-state index in [0.29, 0.717) is 5.56 Å². The molecule has 0 aliphatic carbocycles. The predicted octanol–water partition coefficient (Wildman–Crippen LogP) is 4.14. The second-order valence-electron chi connectivity index (χ2n) is 6.82. The van der Waals surface area contributed by atoms with Crippen LogP contribution in [-0.2, 0) is 7.05 Å². The van der Waals surface area contributed by atoms with Crippen LogP contribution < -0.4 is 10.5 Å². The van der Waals surface area contributed by atoms with E-state index in [-0.39, 0.29) is 0 Å². The summed E-state index contributed by atoms with van der Waals surface area (Å²) in [5, 5.41) is 5.32. The van der Waals surface area contributed by atoms with Crippen LogP contribution in [-0.4, -0.2) is 20.7 Å². The summed E-state index contributed by atoms with van der Waals surface area (Å²) in [5.74, 6) is 1.02. The standard InChI is InChI=1S/C22H20N4O2/c1-13-8-15(5-7-18(13)22(23)27)19-10-21(14(2)11-24-19)28-17-6-4-16-12-25-26(3)20(16)9-17/h4-12H,1-3H3,(H2,23,27). The number of carbonyl (C=O) groups excluding carboxylic acids is 1. The summed E-state index contributed by atoms with van der Waals surface area (Å²) in [6.07, 6.45) is 3.61. The number of rotatable bonds is 4. The molecule has 0 aliphatic heterocycles. The Morgan fingerprint density at radius 2 is 1.86 bits per heavy atom. The molecule has 0 aliphatic rings. The molecule has 140 valence electrons. The van der Waals surface area contributed by atoms with E-state index in [9.17, 15) is 4.79 Å². The maximum Gasteiger partial charge on any atom is 0.248 e. The van der Waals surface area contributed by atoms with Crippen LogP contribution in [0.5, 0.6) is 11.5 Å². The Morgan fingerprint density at radius 1 is 1.04 bits per heavy atom. The van der Waals surface area contributed by atoms with Gasteiger partial charge in [-0.3, -0.25) is 14.5 Å². The predicted molar refractivity (Wildman–Crippen MR) is 108 cm³/mol. The van der Waals surface area contributed by atoms with E-state index in [2.05, 4.69) is 10.1 Å². The molecule has 6 nitrogen and oxygen atoms in total. The van der Waals surface area contributed by atoms with Crippen LogP contribution in [0.4, 0.5) is 0 Å². The van der Waals surface area contributed by atoms with Gasteiger partial charge in [0.25, 0.3) is 0 Å². The van der Waals surface area contributed by atoms with Crippen LogP contribution in [0.25, 0.3) is 22.2 Å². The molecule has 0 unspecified atom stereocenters. The highest BCUT2D eigenvalue weighted by Crippen LogP contribution is 2.31. The third-order valence-electron chi connectivity index (χ3n) is 4.79. The zero-order chi connectivity index (χ0) is 19.8. The maximum absolute atomic E-state index is 11.4. The number of benzene rings is 2. The quantitative estimate of drug-likeness (QED) is 0.583. The van der Waals surface area contributed by atoms with E-state index in [4.69, 9.17) is 10.5 Å². The van der Waals surface area contributed by atoms with Gasteiger partial charge in [-0.05, 0) is 43.7 Å². The Balaban J connectivity index is 1.69. The van der Waals surface area contributed by atoms with Crippen molar-refractivity contribution in [1.82, 2.24) is 14.8 Å². The van der Waals surface area contributed by atoms with Crippen molar-refractivity contribution in [2.24, 2.45) is 12.8 Å². The van der Waals surface area contributed by atoms with Crippen LogP contribution in [0.1, 0.15) is 21.5 Å². The second kappa shape index (κ2) is 6.81. The Labute approximate surface area is 162 Å². The number of aromatic nitrogens is 3. The highest BCUT2D eigenvalue weighted by Gasteiger charge is 2.11. The average Bonchev–Trinajstić information content (AvgIpc) is 3.03. The van der Waals surface area contributed by atoms with E-state index in [1.54, 1.807) is 12.3 Å². The lowest BCUT2D eigenvalue weighted by molar-refractivity contribution is 0.0999. The number of nitrogens with zero attached hydrogens (tertiary/aromatic N) is 3. The first-order valence-electron chi connectivity index (χ1n) is 8.89. The van der Waals surface area contributed by atoms with E-state index < -0.39 is 5.91 Å². The molecule has 2 heterocycles. The molecule has 0 saturated carbocycles. The van der Waals surface area contributed by atoms with Crippen molar-refractivity contribution < 1.29 is 9.53 Å². The number of ether oxygens (including phenoxy) is 1. The summed E-state index contributed by atoms with van der Waals surface area (Å²) in [6.45, 7) is 3.81. The molecule has 0 fully saturated rings. The van der Waals surface area contributed by atoms with Gasteiger partial charge in [-0.1, -0.05) is 6.07 Å². The third kappa shape index (κ3) is 3.20. The van der Waals surface area contributed by atoms with Crippen LogP contribution in [0.2, 0.25) is 0 Å². The molecule has 0 atom stereocenters. The summed E-state index contributed by atoms with van der Waals surface area (Å²) in [4.78, 5) is 16.0. The number of pyridine rings is 1. The van der Waals surface area contributed by atoms with E-state index >= 15 is 0 Å². The first-order valence-corrected chi connectivity index (χ1v) is 8.89. The largest absolute Gasteiger partial charge is 0.457 e. The summed E-state index contributed by atoms with van der Waals surface area (Å²) in [6, 6.07) is 13.3. The molecule has 6 heteroatoms. The molecule has 2 aromatic carbocycles. The van der Waals surface area contributed by atoms with Crippen molar-refractivity contribution in [3.05, 3.63) is 71.5 Å². The summed E-state index contributed by atoms with van der Waals surface area (Å²) < 4.78 is 7.96. The van der Waals surface area contributed by atoms with Crippen LogP contribution in [0.15, 0.2) is 54.9 Å². The minimum atomic E-state index is -0.435. The van der Waals surface area contributed by atoms with Crippen molar-refractivity contribution in [3.63, 3.8) is 0 Å². The molecule has 0 spiro atoms. The zero-order valence-corrected chi connectivity index (χ0v) is 15.9. The molecule has 0 saturated heterocycles. The molecule has 28 heavy (non-hydrogen) atoms. The minimum absolute atomic E-state index is 0.435. The maximum atomic E-state index is 11.4. The monoisotopic (exact) mass is 372 g/mol. The molecule has 1 amide bonds. The first kappa shape index (κ1) is 17.7. The molecule has 4 rings (SSSR count). The van der Waals surface area contributed by atoms with Gasteiger partial charge in [0.15, 0.2) is 0 Å². The number of nitrogens with two attached hydrogens (primary N) is 1. The van der Waals surface area contributed by atoms with Gasteiger partial charge in [0, 0.05) is 47.5 Å². The van der Waals surface area contributed by atoms with Gasteiger partial charge in [0.05, 0.1) is 17.4 Å². The summed E-state index contributed by atoms with van der Waals surface area (Å²) in [5.41, 5.74) is 10.3. The second-order valence-corrected chi connectivity index (χ2v) is 6.82. The zero-order valence-electron chi connectivity index (χ0n) is 15.9. The number of fused-ring (bicyclic) bond motifs is 1. The summed E-state index contributed by atoms with van der Waals surface area (Å²) in [7, 11) is 1.90. The van der Waals surface area contributed by atoms with Crippen molar-refractivity contribution in [1.29, 1.82) is 0 Å². The average molecular weight is 372 g/mol.